The maximum atomic E-state index is 13.6. The van der Waals surface area contributed by atoms with E-state index in [2.05, 4.69) is 15.0 Å². The van der Waals surface area contributed by atoms with Crippen LogP contribution in [0.25, 0.3) is 11.2 Å². The van der Waals surface area contributed by atoms with Gasteiger partial charge in [0.2, 0.25) is 0 Å². The Bertz CT molecular complexity index is 748. The minimum atomic E-state index is -0.213. The molecular formula is C15H15FN4. The number of benzene rings is 1. The van der Waals surface area contributed by atoms with Crippen LogP contribution in [0.15, 0.2) is 36.4 Å². The number of hydrogen-bond acceptors (Lipinski definition) is 3. The molecule has 0 saturated heterocycles. The number of aromatic nitrogens is 3. The molecule has 3 rings (SSSR count). The monoisotopic (exact) mass is 270 g/mol. The van der Waals surface area contributed by atoms with E-state index in [1.165, 1.54) is 6.07 Å². The molecule has 0 fully saturated rings. The molecule has 0 amide bonds. The lowest BCUT2D eigenvalue weighted by Gasteiger charge is -2.09. The summed E-state index contributed by atoms with van der Waals surface area (Å²) in [5.41, 5.74) is 2.14. The van der Waals surface area contributed by atoms with Crippen LogP contribution in [0.2, 0.25) is 0 Å². The smallest absolute Gasteiger partial charge is 0.179 e. The van der Waals surface area contributed by atoms with E-state index in [0.29, 0.717) is 23.5 Å². The van der Waals surface area contributed by atoms with Crippen molar-refractivity contribution in [3.8, 4) is 0 Å². The molecule has 0 saturated carbocycles. The van der Waals surface area contributed by atoms with Crippen molar-refractivity contribution < 1.29 is 4.39 Å². The van der Waals surface area contributed by atoms with Gasteiger partial charge < -0.3 is 9.88 Å². The van der Waals surface area contributed by atoms with Crippen molar-refractivity contribution >= 4 is 17.0 Å². The summed E-state index contributed by atoms with van der Waals surface area (Å²) in [6, 6.07) is 10.6. The molecule has 1 N–H and O–H groups in total. The van der Waals surface area contributed by atoms with Crippen LogP contribution in [0, 0.1) is 5.82 Å². The predicted molar refractivity (Wildman–Crippen MR) is 77.4 cm³/mol. The molecule has 3 aromatic rings. The van der Waals surface area contributed by atoms with Crippen LogP contribution in [0.5, 0.6) is 0 Å². The Morgan fingerprint density at radius 3 is 2.65 bits per heavy atom. The molecule has 0 radical (unpaired) electrons. The van der Waals surface area contributed by atoms with Gasteiger partial charge in [0.25, 0.3) is 0 Å². The number of halogens is 1. The number of pyridine rings is 1. The van der Waals surface area contributed by atoms with Gasteiger partial charge in [-0.2, -0.15) is 0 Å². The van der Waals surface area contributed by atoms with E-state index >= 15 is 0 Å². The first-order valence-electron chi connectivity index (χ1n) is 6.40. The summed E-state index contributed by atoms with van der Waals surface area (Å²) >= 11 is 0. The van der Waals surface area contributed by atoms with Crippen molar-refractivity contribution in [3.05, 3.63) is 53.6 Å². The van der Waals surface area contributed by atoms with E-state index in [0.717, 1.165) is 11.3 Å². The Labute approximate surface area is 116 Å². The Balaban J connectivity index is 1.95. The second kappa shape index (κ2) is 4.92. The number of aromatic amines is 1. The van der Waals surface area contributed by atoms with E-state index in [1.54, 1.807) is 12.1 Å². The van der Waals surface area contributed by atoms with Crippen LogP contribution < -0.4 is 4.90 Å². The van der Waals surface area contributed by atoms with Crippen molar-refractivity contribution in [3.63, 3.8) is 0 Å². The van der Waals surface area contributed by atoms with Gasteiger partial charge in [0, 0.05) is 20.5 Å². The average molecular weight is 270 g/mol. The molecular weight excluding hydrogens is 255 g/mol. The molecule has 2 aromatic heterocycles. The molecule has 0 atom stereocenters. The number of fused-ring (bicyclic) bond motifs is 1. The average Bonchev–Trinajstić information content (AvgIpc) is 2.82. The maximum Gasteiger partial charge on any atom is 0.179 e. The molecule has 0 bridgehead atoms. The van der Waals surface area contributed by atoms with Gasteiger partial charge in [-0.1, -0.05) is 18.2 Å². The highest BCUT2D eigenvalue weighted by Gasteiger charge is 2.09. The Morgan fingerprint density at radius 2 is 1.90 bits per heavy atom. The van der Waals surface area contributed by atoms with Gasteiger partial charge in [0.1, 0.15) is 17.5 Å². The molecule has 102 valence electrons. The highest BCUT2D eigenvalue weighted by molar-refractivity contribution is 5.73. The third kappa shape index (κ3) is 2.34. The predicted octanol–water partition coefficient (Wildman–Crippen LogP) is 2.75. The number of hydrogen-bond donors (Lipinski definition) is 1. The first-order chi connectivity index (χ1) is 9.63. The van der Waals surface area contributed by atoms with Crippen molar-refractivity contribution in [1.29, 1.82) is 0 Å². The van der Waals surface area contributed by atoms with Crippen molar-refractivity contribution in [2.75, 3.05) is 19.0 Å². The third-order valence-corrected chi connectivity index (χ3v) is 3.15. The van der Waals surface area contributed by atoms with Crippen LogP contribution in [0.1, 0.15) is 11.4 Å². The van der Waals surface area contributed by atoms with E-state index in [4.69, 9.17) is 0 Å². The lowest BCUT2D eigenvalue weighted by molar-refractivity contribution is 0.612. The van der Waals surface area contributed by atoms with E-state index < -0.39 is 0 Å². The second-order valence-electron chi connectivity index (χ2n) is 4.89. The van der Waals surface area contributed by atoms with Crippen LogP contribution in [0.4, 0.5) is 10.2 Å². The lowest BCUT2D eigenvalue weighted by Crippen LogP contribution is -2.10. The number of H-pyrrole nitrogens is 1. The zero-order valence-electron chi connectivity index (χ0n) is 11.4. The summed E-state index contributed by atoms with van der Waals surface area (Å²) in [6.45, 7) is 0. The molecule has 0 aliphatic heterocycles. The molecule has 0 aliphatic rings. The molecule has 20 heavy (non-hydrogen) atoms. The third-order valence-electron chi connectivity index (χ3n) is 3.15. The van der Waals surface area contributed by atoms with Gasteiger partial charge in [-0.3, -0.25) is 0 Å². The fourth-order valence-electron chi connectivity index (χ4n) is 2.09. The Morgan fingerprint density at radius 1 is 1.10 bits per heavy atom. The van der Waals surface area contributed by atoms with E-state index in [1.807, 2.05) is 37.2 Å². The lowest BCUT2D eigenvalue weighted by atomic mass is 10.1. The summed E-state index contributed by atoms with van der Waals surface area (Å²) in [7, 11) is 3.86. The van der Waals surface area contributed by atoms with E-state index in [9.17, 15) is 4.39 Å². The first-order valence-corrected chi connectivity index (χ1v) is 6.40. The normalized spacial score (nSPS) is 10.9. The number of imidazole rings is 1. The summed E-state index contributed by atoms with van der Waals surface area (Å²) in [6.07, 6.45) is 0.431. The molecule has 0 unspecified atom stereocenters. The van der Waals surface area contributed by atoms with Gasteiger partial charge >= 0.3 is 0 Å². The minimum absolute atomic E-state index is 0.213. The summed E-state index contributed by atoms with van der Waals surface area (Å²) in [4.78, 5) is 14.0. The number of anilines is 1. The first kappa shape index (κ1) is 12.6. The fourth-order valence-corrected chi connectivity index (χ4v) is 2.09. The zero-order valence-corrected chi connectivity index (χ0v) is 11.4. The second-order valence-corrected chi connectivity index (χ2v) is 4.89. The topological polar surface area (TPSA) is 44.8 Å². The standard InChI is InChI=1S/C15H15FN4/c1-20(2)14-8-7-12-15(19-14)18-13(17-12)9-10-5-3-4-6-11(10)16/h3-8H,9H2,1-2H3,(H,17,18,19). The Hall–Kier alpha value is -2.43. The van der Waals surface area contributed by atoms with E-state index in [-0.39, 0.29) is 5.82 Å². The van der Waals surface area contributed by atoms with Gasteiger partial charge in [-0.15, -0.1) is 0 Å². The van der Waals surface area contributed by atoms with Crippen LogP contribution in [-0.4, -0.2) is 29.0 Å². The highest BCUT2D eigenvalue weighted by atomic mass is 19.1. The van der Waals surface area contributed by atoms with Gasteiger partial charge in [0.05, 0.1) is 5.52 Å². The van der Waals surface area contributed by atoms with Gasteiger partial charge in [-0.25, -0.2) is 14.4 Å². The molecule has 4 nitrogen and oxygen atoms in total. The molecule has 1 aromatic carbocycles. The quantitative estimate of drug-likeness (QED) is 0.796. The van der Waals surface area contributed by atoms with Crippen LogP contribution in [-0.2, 0) is 6.42 Å². The van der Waals surface area contributed by atoms with Crippen LogP contribution in [0.3, 0.4) is 0 Å². The summed E-state index contributed by atoms with van der Waals surface area (Å²) in [5.74, 6) is 1.35. The molecule has 0 spiro atoms. The number of nitrogens with zero attached hydrogens (tertiary/aromatic N) is 3. The molecule has 2 heterocycles. The summed E-state index contributed by atoms with van der Waals surface area (Å²) < 4.78 is 13.6. The largest absolute Gasteiger partial charge is 0.363 e. The SMILES string of the molecule is CN(C)c1ccc2[nH]c(Cc3ccccc3F)nc2n1. The van der Waals surface area contributed by atoms with Gasteiger partial charge in [-0.05, 0) is 23.8 Å². The van der Waals surface area contributed by atoms with Crippen molar-refractivity contribution in [2.24, 2.45) is 0 Å². The summed E-state index contributed by atoms with van der Waals surface area (Å²) in [5, 5.41) is 0. The van der Waals surface area contributed by atoms with Crippen LogP contribution >= 0.6 is 0 Å². The highest BCUT2D eigenvalue weighted by Crippen LogP contribution is 2.17. The number of nitrogens with one attached hydrogen (secondary N) is 1. The molecule has 5 heteroatoms. The molecule has 0 aliphatic carbocycles. The fraction of sp³-hybridized carbons (Fsp3) is 0.200. The Kier molecular flexibility index (Phi) is 3.10. The number of rotatable bonds is 3. The van der Waals surface area contributed by atoms with Gasteiger partial charge in [0.15, 0.2) is 5.65 Å². The minimum Gasteiger partial charge on any atom is -0.363 e. The van der Waals surface area contributed by atoms with Crippen molar-refractivity contribution in [1.82, 2.24) is 15.0 Å². The maximum absolute atomic E-state index is 13.6. The van der Waals surface area contributed by atoms with Crippen molar-refractivity contribution in [2.45, 2.75) is 6.42 Å². The zero-order chi connectivity index (χ0) is 14.1.